The van der Waals surface area contributed by atoms with Gasteiger partial charge < -0.3 is 14.5 Å². The zero-order valence-electron chi connectivity index (χ0n) is 10.7. The van der Waals surface area contributed by atoms with Gasteiger partial charge in [-0.15, -0.1) is 0 Å². The van der Waals surface area contributed by atoms with Crippen molar-refractivity contribution in [2.24, 2.45) is 0 Å². The third-order valence-corrected chi connectivity index (χ3v) is 6.12. The quantitative estimate of drug-likeness (QED) is 0.787. The molecule has 0 radical (unpaired) electrons. The molecule has 9 heteroatoms. The highest BCUT2D eigenvalue weighted by Crippen LogP contribution is 2.23. The molecule has 19 heavy (non-hydrogen) atoms. The molecule has 1 atom stereocenters. The van der Waals surface area contributed by atoms with Gasteiger partial charge in [-0.05, 0) is 6.92 Å². The molecular weight excluding hydrogens is 292 g/mol. The van der Waals surface area contributed by atoms with Crippen LogP contribution in [-0.2, 0) is 19.5 Å². The van der Waals surface area contributed by atoms with Crippen LogP contribution in [0.5, 0.6) is 0 Å². The Balaban J connectivity index is 2.14. The number of sulfonamides is 1. The molecule has 2 rings (SSSR count). The Morgan fingerprint density at radius 3 is 2.79 bits per heavy atom. The van der Waals surface area contributed by atoms with E-state index < -0.39 is 15.6 Å². The highest BCUT2D eigenvalue weighted by atomic mass is 32.2. The number of aryl methyl sites for hydroxylation is 1. The zero-order chi connectivity index (χ0) is 14.1. The maximum Gasteiger partial charge on any atom is 0.305 e. The molecular formula is C10H16N2O5S2. The molecule has 1 aliphatic heterocycles. The fourth-order valence-electron chi connectivity index (χ4n) is 1.90. The summed E-state index contributed by atoms with van der Waals surface area (Å²) >= 11 is 0.677. The van der Waals surface area contributed by atoms with Gasteiger partial charge in [0.15, 0.2) is 4.21 Å². The summed E-state index contributed by atoms with van der Waals surface area (Å²) in [6, 6.07) is 0. The van der Waals surface area contributed by atoms with Crippen LogP contribution in [0.25, 0.3) is 0 Å². The number of methoxy groups -OCH3 is 1. The molecule has 7 nitrogen and oxygen atoms in total. The van der Waals surface area contributed by atoms with Crippen molar-refractivity contribution in [1.82, 2.24) is 9.71 Å². The summed E-state index contributed by atoms with van der Waals surface area (Å²) in [6.07, 6.45) is 0.633. The van der Waals surface area contributed by atoms with E-state index in [9.17, 15) is 13.2 Å². The van der Waals surface area contributed by atoms with E-state index in [0.717, 1.165) is 0 Å². The van der Waals surface area contributed by atoms with Crippen LogP contribution in [-0.4, -0.2) is 45.9 Å². The Morgan fingerprint density at radius 2 is 2.32 bits per heavy atom. The molecule has 1 unspecified atom stereocenters. The minimum Gasteiger partial charge on any atom is -0.378 e. The Morgan fingerprint density at radius 1 is 1.58 bits per heavy atom. The van der Waals surface area contributed by atoms with Gasteiger partial charge in [-0.25, -0.2) is 13.1 Å². The van der Waals surface area contributed by atoms with Crippen molar-refractivity contribution in [3.05, 3.63) is 15.4 Å². The van der Waals surface area contributed by atoms with Crippen LogP contribution in [0.15, 0.2) is 9.00 Å². The number of nitrogens with one attached hydrogen (secondary N) is 2. The maximum atomic E-state index is 12.1. The Labute approximate surface area is 115 Å². The van der Waals surface area contributed by atoms with Crippen molar-refractivity contribution in [1.29, 1.82) is 0 Å². The minimum absolute atomic E-state index is 0.0164. The lowest BCUT2D eigenvalue weighted by molar-refractivity contribution is -0.0120. The van der Waals surface area contributed by atoms with Crippen molar-refractivity contribution in [2.75, 3.05) is 26.9 Å². The van der Waals surface area contributed by atoms with E-state index in [2.05, 4.69) is 9.71 Å². The van der Waals surface area contributed by atoms with E-state index in [1.807, 2.05) is 0 Å². The molecule has 0 spiro atoms. The lowest BCUT2D eigenvalue weighted by Gasteiger charge is -2.25. The first-order valence-corrected chi connectivity index (χ1v) is 8.01. The Kier molecular flexibility index (Phi) is 4.11. The molecule has 0 bridgehead atoms. The van der Waals surface area contributed by atoms with Crippen molar-refractivity contribution in [3.8, 4) is 0 Å². The van der Waals surface area contributed by atoms with Crippen LogP contribution < -0.4 is 9.60 Å². The summed E-state index contributed by atoms with van der Waals surface area (Å²) in [7, 11) is -2.17. The molecule has 2 heterocycles. The first kappa shape index (κ1) is 14.7. The number of hydrogen-bond donors (Lipinski definition) is 2. The first-order valence-electron chi connectivity index (χ1n) is 5.71. The zero-order valence-corrected chi connectivity index (χ0v) is 12.3. The lowest BCUT2D eigenvalue weighted by Crippen LogP contribution is -2.44. The van der Waals surface area contributed by atoms with Crippen LogP contribution >= 0.6 is 11.3 Å². The predicted molar refractivity (Wildman–Crippen MR) is 70.0 cm³/mol. The summed E-state index contributed by atoms with van der Waals surface area (Å²) in [5.41, 5.74) is -0.279. The second-order valence-corrected chi connectivity index (χ2v) is 7.39. The molecule has 0 aromatic carbocycles. The molecule has 1 aromatic heterocycles. The van der Waals surface area contributed by atoms with E-state index in [-0.39, 0.29) is 15.6 Å². The van der Waals surface area contributed by atoms with E-state index in [1.165, 1.54) is 7.11 Å². The molecule has 2 N–H and O–H groups in total. The van der Waals surface area contributed by atoms with E-state index >= 15 is 0 Å². The number of ether oxygens (including phenoxy) is 2. The number of rotatable bonds is 5. The van der Waals surface area contributed by atoms with Crippen LogP contribution in [0, 0.1) is 6.92 Å². The monoisotopic (exact) mass is 308 g/mol. The third kappa shape index (κ3) is 3.06. The second-order valence-electron chi connectivity index (χ2n) is 4.44. The van der Waals surface area contributed by atoms with Crippen molar-refractivity contribution < 1.29 is 17.9 Å². The number of H-pyrrole nitrogens is 1. The van der Waals surface area contributed by atoms with Crippen molar-refractivity contribution in [3.63, 3.8) is 0 Å². The van der Waals surface area contributed by atoms with Crippen molar-refractivity contribution in [2.45, 2.75) is 23.2 Å². The average molecular weight is 308 g/mol. The summed E-state index contributed by atoms with van der Waals surface area (Å²) in [4.78, 5) is 13.2. The van der Waals surface area contributed by atoms with Gasteiger partial charge >= 0.3 is 4.87 Å². The lowest BCUT2D eigenvalue weighted by atomic mass is 10.0. The first-order chi connectivity index (χ1) is 8.88. The van der Waals surface area contributed by atoms with Gasteiger partial charge in [0.25, 0.3) is 10.0 Å². The molecule has 108 valence electrons. The topological polar surface area (TPSA) is 97.5 Å². The van der Waals surface area contributed by atoms with Gasteiger partial charge in [-0.2, -0.15) is 0 Å². The molecule has 1 saturated heterocycles. The van der Waals surface area contributed by atoms with E-state index in [4.69, 9.17) is 9.47 Å². The van der Waals surface area contributed by atoms with Crippen LogP contribution in [0.4, 0.5) is 0 Å². The smallest absolute Gasteiger partial charge is 0.305 e. The van der Waals surface area contributed by atoms with E-state index in [0.29, 0.717) is 36.7 Å². The Hall–Kier alpha value is -0.740. The SMILES string of the molecule is COC1(CNS(=O)(=O)c2sc(=O)[nH]c2C)CCOC1. The van der Waals surface area contributed by atoms with Gasteiger partial charge in [-0.1, -0.05) is 11.3 Å². The number of thiazole rings is 1. The summed E-state index contributed by atoms with van der Waals surface area (Å²) in [5.74, 6) is 0. The number of aromatic nitrogens is 1. The van der Waals surface area contributed by atoms with Crippen LogP contribution in [0.2, 0.25) is 0 Å². The molecule has 0 amide bonds. The van der Waals surface area contributed by atoms with E-state index in [1.54, 1.807) is 6.92 Å². The third-order valence-electron chi connectivity index (χ3n) is 3.11. The van der Waals surface area contributed by atoms with Crippen LogP contribution in [0.1, 0.15) is 12.1 Å². The minimum atomic E-state index is -3.70. The van der Waals surface area contributed by atoms with Gasteiger partial charge in [-0.3, -0.25) is 4.79 Å². The number of hydrogen-bond acceptors (Lipinski definition) is 6. The fraction of sp³-hybridized carbons (Fsp3) is 0.700. The molecule has 1 aromatic rings. The molecule has 0 aliphatic carbocycles. The standard InChI is InChI=1S/C10H16N2O5S2/c1-7-8(18-9(13)12-7)19(14,15)11-5-10(16-2)3-4-17-6-10/h11H,3-6H2,1-2H3,(H,12,13). The normalized spacial score (nSPS) is 23.9. The van der Waals surface area contributed by atoms with Gasteiger partial charge in [0.05, 0.1) is 6.61 Å². The van der Waals surface area contributed by atoms with Crippen LogP contribution in [0.3, 0.4) is 0 Å². The molecule has 1 fully saturated rings. The molecule has 1 aliphatic rings. The maximum absolute atomic E-state index is 12.1. The van der Waals surface area contributed by atoms with Crippen molar-refractivity contribution >= 4 is 21.4 Å². The summed E-state index contributed by atoms with van der Waals surface area (Å²) in [5, 5.41) is 0. The highest BCUT2D eigenvalue weighted by molar-refractivity contribution is 7.91. The highest BCUT2D eigenvalue weighted by Gasteiger charge is 2.36. The fourth-order valence-corrected chi connectivity index (χ4v) is 4.36. The van der Waals surface area contributed by atoms with Gasteiger partial charge in [0, 0.05) is 32.4 Å². The summed E-state index contributed by atoms with van der Waals surface area (Å²) < 4.78 is 37.3. The average Bonchev–Trinajstić information content (AvgIpc) is 2.95. The van der Waals surface area contributed by atoms with Gasteiger partial charge in [0.2, 0.25) is 0 Å². The largest absolute Gasteiger partial charge is 0.378 e. The Bertz CT molecular complexity index is 598. The number of aromatic amines is 1. The summed E-state index contributed by atoms with van der Waals surface area (Å²) in [6.45, 7) is 2.58. The predicted octanol–water partition coefficient (Wildman–Crippen LogP) is -0.171. The van der Waals surface area contributed by atoms with Gasteiger partial charge in [0.1, 0.15) is 5.60 Å². The second kappa shape index (κ2) is 5.33. The molecule has 0 saturated carbocycles.